The van der Waals surface area contributed by atoms with E-state index in [1.54, 1.807) is 19.1 Å². The average Bonchev–Trinajstić information content (AvgIpc) is 2.57. The smallest absolute Gasteiger partial charge is 0.343 e. The van der Waals surface area contributed by atoms with Crippen LogP contribution in [0.15, 0.2) is 60.3 Å². The van der Waals surface area contributed by atoms with Gasteiger partial charge in [0.15, 0.2) is 0 Å². The molecule has 4 nitrogen and oxygen atoms in total. The number of esters is 1. The zero-order valence-electron chi connectivity index (χ0n) is 13.5. The molecule has 0 aliphatic rings. The van der Waals surface area contributed by atoms with E-state index in [1.165, 1.54) is 6.20 Å². The van der Waals surface area contributed by atoms with Crippen molar-refractivity contribution in [3.8, 4) is 0 Å². The summed E-state index contributed by atoms with van der Waals surface area (Å²) in [5, 5.41) is 2.99. The zero-order valence-corrected chi connectivity index (χ0v) is 15.7. The van der Waals surface area contributed by atoms with Crippen LogP contribution in [-0.2, 0) is 9.53 Å². The molecule has 0 unspecified atom stereocenters. The van der Waals surface area contributed by atoms with Gasteiger partial charge in [-0.3, -0.25) is 4.79 Å². The van der Waals surface area contributed by atoms with Crippen LogP contribution in [0, 0.1) is 10.5 Å². The quantitative estimate of drug-likeness (QED) is 0.183. The van der Waals surface area contributed by atoms with E-state index >= 15 is 0 Å². The van der Waals surface area contributed by atoms with Crippen LogP contribution >= 0.6 is 22.6 Å². The number of hydrogen-bond donors (Lipinski definition) is 1. The minimum Gasteiger partial charge on any atom is -0.462 e. The fourth-order valence-corrected chi connectivity index (χ4v) is 2.46. The van der Waals surface area contributed by atoms with Gasteiger partial charge >= 0.3 is 5.97 Å². The van der Waals surface area contributed by atoms with Crippen molar-refractivity contribution >= 4 is 40.0 Å². The van der Waals surface area contributed by atoms with Crippen molar-refractivity contribution < 1.29 is 14.3 Å². The molecular weight excluding hydrogens is 417 g/mol. The number of anilines is 1. The highest BCUT2D eigenvalue weighted by Crippen LogP contribution is 2.16. The Balaban J connectivity index is 2.32. The number of nitrogens with one attached hydrogen (secondary N) is 1. The first-order chi connectivity index (χ1) is 11.5. The first-order valence-corrected chi connectivity index (χ1v) is 8.60. The molecule has 0 saturated carbocycles. The van der Waals surface area contributed by atoms with Gasteiger partial charge in [0, 0.05) is 21.0 Å². The SMILES string of the molecule is CCOC(=O)/C(=C/Nc1ccc(I)cc1)C(=O)c1ccccc1C. The van der Waals surface area contributed by atoms with E-state index in [4.69, 9.17) is 4.74 Å². The topological polar surface area (TPSA) is 55.4 Å². The summed E-state index contributed by atoms with van der Waals surface area (Å²) in [6.45, 7) is 3.75. The molecule has 0 aliphatic heterocycles. The van der Waals surface area contributed by atoms with Crippen molar-refractivity contribution in [2.24, 2.45) is 0 Å². The maximum atomic E-state index is 12.7. The highest BCUT2D eigenvalue weighted by Gasteiger charge is 2.22. The summed E-state index contributed by atoms with van der Waals surface area (Å²) in [5.74, 6) is -0.992. The molecular formula is C19H18INO3. The molecule has 0 fully saturated rings. The summed E-state index contributed by atoms with van der Waals surface area (Å²) in [7, 11) is 0. The maximum Gasteiger partial charge on any atom is 0.343 e. The van der Waals surface area contributed by atoms with Crippen molar-refractivity contribution in [1.29, 1.82) is 0 Å². The molecule has 0 aromatic heterocycles. The van der Waals surface area contributed by atoms with E-state index in [9.17, 15) is 9.59 Å². The average molecular weight is 435 g/mol. The zero-order chi connectivity index (χ0) is 17.5. The monoisotopic (exact) mass is 435 g/mol. The minimum atomic E-state index is -0.635. The number of aryl methyl sites for hydroxylation is 1. The van der Waals surface area contributed by atoms with Crippen LogP contribution in [0.25, 0.3) is 0 Å². The summed E-state index contributed by atoms with van der Waals surface area (Å²) >= 11 is 2.21. The predicted octanol–water partition coefficient (Wildman–Crippen LogP) is 4.34. The molecule has 124 valence electrons. The Morgan fingerprint density at radius 2 is 1.79 bits per heavy atom. The van der Waals surface area contributed by atoms with Crippen LogP contribution in [-0.4, -0.2) is 18.4 Å². The van der Waals surface area contributed by atoms with Gasteiger partial charge in [-0.25, -0.2) is 4.79 Å². The third-order valence-electron chi connectivity index (χ3n) is 3.36. The molecule has 0 atom stereocenters. The summed E-state index contributed by atoms with van der Waals surface area (Å²) in [6.07, 6.45) is 1.41. The van der Waals surface area contributed by atoms with Crippen molar-refractivity contribution in [3.05, 3.63) is 75.0 Å². The summed E-state index contributed by atoms with van der Waals surface area (Å²) in [4.78, 5) is 24.9. The first-order valence-electron chi connectivity index (χ1n) is 7.52. The second-order valence-electron chi connectivity index (χ2n) is 5.07. The minimum absolute atomic E-state index is 0.0234. The second kappa shape index (κ2) is 8.63. The van der Waals surface area contributed by atoms with Gasteiger partial charge in [0.2, 0.25) is 5.78 Å². The fourth-order valence-electron chi connectivity index (χ4n) is 2.10. The molecule has 0 aliphatic carbocycles. The lowest BCUT2D eigenvalue weighted by molar-refractivity contribution is -0.138. The van der Waals surface area contributed by atoms with Gasteiger partial charge in [-0.15, -0.1) is 0 Å². The lowest BCUT2D eigenvalue weighted by atomic mass is 9.99. The maximum absolute atomic E-state index is 12.7. The summed E-state index contributed by atoms with van der Waals surface area (Å²) in [6, 6.07) is 14.8. The van der Waals surface area contributed by atoms with Crippen molar-refractivity contribution in [1.82, 2.24) is 0 Å². The molecule has 0 amide bonds. The molecule has 2 rings (SSSR count). The number of ether oxygens (including phenoxy) is 1. The van der Waals surface area contributed by atoms with Gasteiger partial charge in [0.25, 0.3) is 0 Å². The lowest BCUT2D eigenvalue weighted by Crippen LogP contribution is -2.18. The first kappa shape index (κ1) is 18.2. The molecule has 0 spiro atoms. The number of Topliss-reactive ketones (excluding diaryl/α,β-unsaturated/α-hetero) is 1. The van der Waals surface area contributed by atoms with E-state index in [0.717, 1.165) is 14.8 Å². The van der Waals surface area contributed by atoms with Gasteiger partial charge in [-0.1, -0.05) is 24.3 Å². The molecule has 0 heterocycles. The number of halogens is 1. The van der Waals surface area contributed by atoms with Gasteiger partial charge in [0.1, 0.15) is 5.57 Å². The molecule has 0 radical (unpaired) electrons. The van der Waals surface area contributed by atoms with Crippen LogP contribution in [0.2, 0.25) is 0 Å². The number of rotatable bonds is 6. The second-order valence-corrected chi connectivity index (χ2v) is 6.32. The molecule has 1 N–H and O–H groups in total. The van der Waals surface area contributed by atoms with E-state index < -0.39 is 5.97 Å². The molecule has 5 heteroatoms. The molecule has 2 aromatic carbocycles. The summed E-state index contributed by atoms with van der Waals surface area (Å²) < 4.78 is 6.13. The highest BCUT2D eigenvalue weighted by molar-refractivity contribution is 14.1. The van der Waals surface area contributed by atoms with Crippen LogP contribution < -0.4 is 5.32 Å². The van der Waals surface area contributed by atoms with E-state index in [-0.39, 0.29) is 18.0 Å². The third-order valence-corrected chi connectivity index (χ3v) is 4.08. The lowest BCUT2D eigenvalue weighted by Gasteiger charge is -2.09. The Morgan fingerprint density at radius 3 is 2.42 bits per heavy atom. The molecule has 0 bridgehead atoms. The number of hydrogen-bond acceptors (Lipinski definition) is 4. The number of carbonyl (C=O) groups is 2. The number of benzene rings is 2. The highest BCUT2D eigenvalue weighted by atomic mass is 127. The van der Waals surface area contributed by atoms with Gasteiger partial charge in [-0.05, 0) is 66.3 Å². The normalized spacial score (nSPS) is 11.0. The Kier molecular flexibility index (Phi) is 6.54. The van der Waals surface area contributed by atoms with Crippen molar-refractivity contribution in [2.75, 3.05) is 11.9 Å². The Morgan fingerprint density at radius 1 is 1.12 bits per heavy atom. The van der Waals surface area contributed by atoms with Gasteiger partial charge < -0.3 is 10.1 Å². The Labute approximate surface area is 155 Å². The van der Waals surface area contributed by atoms with Gasteiger partial charge in [-0.2, -0.15) is 0 Å². The molecule has 24 heavy (non-hydrogen) atoms. The van der Waals surface area contributed by atoms with Crippen LogP contribution in [0.1, 0.15) is 22.8 Å². The van der Waals surface area contributed by atoms with Crippen molar-refractivity contribution in [2.45, 2.75) is 13.8 Å². The van der Waals surface area contributed by atoms with Crippen molar-refractivity contribution in [3.63, 3.8) is 0 Å². The third kappa shape index (κ3) is 4.67. The summed E-state index contributed by atoms with van der Waals surface area (Å²) in [5.41, 5.74) is 2.06. The van der Waals surface area contributed by atoms with Gasteiger partial charge in [0.05, 0.1) is 6.61 Å². The fraction of sp³-hybridized carbons (Fsp3) is 0.158. The van der Waals surface area contributed by atoms with E-state index in [2.05, 4.69) is 27.9 Å². The molecule has 0 saturated heterocycles. The number of ketones is 1. The number of carbonyl (C=O) groups excluding carboxylic acids is 2. The van der Waals surface area contributed by atoms with E-state index in [1.807, 2.05) is 43.3 Å². The largest absolute Gasteiger partial charge is 0.462 e. The van der Waals surface area contributed by atoms with Crippen LogP contribution in [0.4, 0.5) is 5.69 Å². The Hall–Kier alpha value is -2.15. The standard InChI is InChI=1S/C19H18INO3/c1-3-24-19(23)17(12-21-15-10-8-14(20)9-11-15)18(22)16-7-5-4-6-13(16)2/h4-12,21H,3H2,1-2H3/b17-12+. The predicted molar refractivity (Wildman–Crippen MR) is 103 cm³/mol. The van der Waals surface area contributed by atoms with E-state index in [0.29, 0.717) is 5.56 Å². The molecule has 2 aromatic rings. The van der Waals surface area contributed by atoms with Crippen LogP contribution in [0.5, 0.6) is 0 Å². The Bertz CT molecular complexity index is 766. The van der Waals surface area contributed by atoms with Crippen LogP contribution in [0.3, 0.4) is 0 Å².